The van der Waals surface area contributed by atoms with Crippen LogP contribution in [0.2, 0.25) is 0 Å². The first-order valence-electron chi connectivity index (χ1n) is 9.88. The first-order chi connectivity index (χ1) is 14.9. The minimum Gasteiger partial charge on any atom is -0.345 e. The summed E-state index contributed by atoms with van der Waals surface area (Å²) >= 11 is 0. The molecule has 31 heavy (non-hydrogen) atoms. The third-order valence-corrected chi connectivity index (χ3v) is 7.48. The number of H-pyrrole nitrogens is 1. The number of para-hydroxylation sites is 1. The maximum Gasteiger partial charge on any atom is 0.245 e. The smallest absolute Gasteiger partial charge is 0.245 e. The number of nitriles is 1. The van der Waals surface area contributed by atoms with Gasteiger partial charge < -0.3 is 10.3 Å². The topological polar surface area (TPSA) is 122 Å². The molecule has 1 fully saturated rings. The van der Waals surface area contributed by atoms with Gasteiger partial charge in [-0.15, -0.1) is 0 Å². The van der Waals surface area contributed by atoms with Crippen molar-refractivity contribution in [1.29, 1.82) is 5.26 Å². The highest BCUT2D eigenvalue weighted by molar-refractivity contribution is 7.89. The zero-order valence-electron chi connectivity index (χ0n) is 16.9. The molecular formula is C21H22N6O3S. The fraction of sp³-hybridized carbons (Fsp3) is 0.286. The number of aromatic nitrogens is 2. The summed E-state index contributed by atoms with van der Waals surface area (Å²) in [5.74, 6) is -0.235. The maximum atomic E-state index is 13.1. The van der Waals surface area contributed by atoms with Gasteiger partial charge in [-0.05, 0) is 31.2 Å². The van der Waals surface area contributed by atoms with Crippen molar-refractivity contribution >= 4 is 32.7 Å². The number of rotatable bonds is 5. The summed E-state index contributed by atoms with van der Waals surface area (Å²) in [5, 5.41) is 12.5. The van der Waals surface area contributed by atoms with E-state index in [0.717, 1.165) is 0 Å². The highest BCUT2D eigenvalue weighted by Crippen LogP contribution is 2.25. The van der Waals surface area contributed by atoms with Crippen molar-refractivity contribution in [3.8, 4) is 6.07 Å². The van der Waals surface area contributed by atoms with Crippen LogP contribution >= 0.6 is 0 Å². The van der Waals surface area contributed by atoms with Crippen LogP contribution in [-0.2, 0) is 14.8 Å². The molecule has 2 N–H and O–H groups in total. The third-order valence-electron chi connectivity index (χ3n) is 5.54. The molecular weight excluding hydrogens is 416 g/mol. The number of piperazine rings is 1. The summed E-state index contributed by atoms with van der Waals surface area (Å²) in [5.41, 5.74) is 1.39. The molecule has 0 saturated carbocycles. The zero-order valence-corrected chi connectivity index (χ0v) is 17.8. The molecule has 0 radical (unpaired) electrons. The van der Waals surface area contributed by atoms with Crippen LogP contribution in [0.15, 0.2) is 53.7 Å². The van der Waals surface area contributed by atoms with Crippen LogP contribution in [0.5, 0.6) is 0 Å². The van der Waals surface area contributed by atoms with E-state index < -0.39 is 16.1 Å². The molecule has 0 aliphatic carbocycles. The van der Waals surface area contributed by atoms with Gasteiger partial charge in [-0.2, -0.15) is 9.57 Å². The van der Waals surface area contributed by atoms with E-state index in [9.17, 15) is 18.5 Å². The monoisotopic (exact) mass is 438 g/mol. The molecule has 1 unspecified atom stereocenters. The van der Waals surface area contributed by atoms with Crippen LogP contribution in [0.25, 0.3) is 11.0 Å². The van der Waals surface area contributed by atoms with Crippen LogP contribution in [0.3, 0.4) is 0 Å². The van der Waals surface area contributed by atoms with E-state index in [0.29, 0.717) is 35.4 Å². The van der Waals surface area contributed by atoms with Crippen molar-refractivity contribution in [2.75, 3.05) is 31.5 Å². The Kier molecular flexibility index (Phi) is 5.73. The van der Waals surface area contributed by atoms with E-state index in [1.54, 1.807) is 49.5 Å². The number of hydrogen-bond acceptors (Lipinski definition) is 6. The number of carbonyl (C=O) groups excluding carboxylic acids is 1. The average Bonchev–Trinajstić information content (AvgIpc) is 3.24. The minimum absolute atomic E-state index is 0.211. The van der Waals surface area contributed by atoms with E-state index in [1.165, 1.54) is 10.5 Å². The Morgan fingerprint density at radius 1 is 1.19 bits per heavy atom. The van der Waals surface area contributed by atoms with Gasteiger partial charge in [0.15, 0.2) is 0 Å². The molecule has 1 aromatic carbocycles. The summed E-state index contributed by atoms with van der Waals surface area (Å²) < 4.78 is 27.7. The van der Waals surface area contributed by atoms with Crippen LogP contribution in [0, 0.1) is 11.3 Å². The second-order valence-electron chi connectivity index (χ2n) is 7.32. The van der Waals surface area contributed by atoms with Gasteiger partial charge in [0.25, 0.3) is 0 Å². The number of nitrogens with zero attached hydrogens (tertiary/aromatic N) is 4. The molecule has 1 amide bonds. The molecule has 1 aliphatic heterocycles. The molecule has 0 spiro atoms. The lowest BCUT2D eigenvalue weighted by atomic mass is 10.1. The number of aromatic amines is 1. The Hall–Kier alpha value is -3.26. The quantitative estimate of drug-likeness (QED) is 0.626. The Morgan fingerprint density at radius 2 is 1.94 bits per heavy atom. The standard InChI is InChI=1S/C21H22N6O3S/c1-15(21(28)25-18-7-3-2-5-16(18)13-22)26-9-11-27(12-10-26)31(29,30)19-14-24-20-17(19)6-4-8-23-20/h2-8,14-15H,9-12H2,1H3,(H,23,24)(H,25,28). The normalized spacial score (nSPS) is 16.6. The van der Waals surface area contributed by atoms with Gasteiger partial charge in [-0.1, -0.05) is 12.1 Å². The van der Waals surface area contributed by atoms with Gasteiger partial charge in [0.1, 0.15) is 16.6 Å². The second-order valence-corrected chi connectivity index (χ2v) is 9.22. The third kappa shape index (κ3) is 4.03. The molecule has 3 heterocycles. The van der Waals surface area contributed by atoms with Crippen LogP contribution < -0.4 is 5.32 Å². The Balaban J connectivity index is 1.42. The van der Waals surface area contributed by atoms with Gasteiger partial charge in [0.05, 0.1) is 17.3 Å². The van der Waals surface area contributed by atoms with Crippen LogP contribution in [0.4, 0.5) is 5.69 Å². The lowest BCUT2D eigenvalue weighted by Crippen LogP contribution is -2.53. The number of carbonyl (C=O) groups is 1. The van der Waals surface area contributed by atoms with E-state index in [1.807, 2.05) is 4.90 Å². The van der Waals surface area contributed by atoms with E-state index >= 15 is 0 Å². The molecule has 1 aliphatic rings. The van der Waals surface area contributed by atoms with E-state index in [2.05, 4.69) is 21.4 Å². The van der Waals surface area contributed by atoms with Crippen molar-refractivity contribution < 1.29 is 13.2 Å². The first-order valence-corrected chi connectivity index (χ1v) is 11.3. The number of fused-ring (bicyclic) bond motifs is 1. The fourth-order valence-electron chi connectivity index (χ4n) is 3.71. The van der Waals surface area contributed by atoms with Gasteiger partial charge in [0.2, 0.25) is 15.9 Å². The molecule has 9 nitrogen and oxygen atoms in total. The van der Waals surface area contributed by atoms with E-state index in [4.69, 9.17) is 0 Å². The van der Waals surface area contributed by atoms with Crippen LogP contribution in [-0.4, -0.2) is 65.7 Å². The summed E-state index contributed by atoms with van der Waals surface area (Å²) in [7, 11) is -3.67. The molecule has 160 valence electrons. The van der Waals surface area contributed by atoms with Gasteiger partial charge in [-0.3, -0.25) is 9.69 Å². The fourth-order valence-corrected chi connectivity index (χ4v) is 5.28. The SMILES string of the molecule is CC(C(=O)Nc1ccccc1C#N)N1CCN(S(=O)(=O)c2c[nH]c3ncccc23)CC1. The van der Waals surface area contributed by atoms with Crippen molar-refractivity contribution in [2.45, 2.75) is 17.9 Å². The number of pyridine rings is 1. The predicted octanol–water partition coefficient (Wildman–Crippen LogP) is 1.77. The molecule has 3 aromatic rings. The van der Waals surface area contributed by atoms with Crippen molar-refractivity contribution in [1.82, 2.24) is 19.2 Å². The maximum absolute atomic E-state index is 13.1. The van der Waals surface area contributed by atoms with Gasteiger partial charge in [-0.25, -0.2) is 13.4 Å². The largest absolute Gasteiger partial charge is 0.345 e. The molecule has 4 rings (SSSR count). The number of anilines is 1. The summed E-state index contributed by atoms with van der Waals surface area (Å²) in [6.07, 6.45) is 3.08. The highest BCUT2D eigenvalue weighted by atomic mass is 32.2. The van der Waals surface area contributed by atoms with Gasteiger partial charge >= 0.3 is 0 Å². The lowest BCUT2D eigenvalue weighted by Gasteiger charge is -2.36. The van der Waals surface area contributed by atoms with Crippen LogP contribution in [0.1, 0.15) is 12.5 Å². The summed E-state index contributed by atoms with van der Waals surface area (Å²) in [6, 6.07) is 11.9. The molecule has 1 atom stereocenters. The highest BCUT2D eigenvalue weighted by Gasteiger charge is 2.33. The zero-order chi connectivity index (χ0) is 22.0. The van der Waals surface area contributed by atoms with E-state index in [-0.39, 0.29) is 23.9 Å². The summed E-state index contributed by atoms with van der Waals surface area (Å²) in [6.45, 7) is 3.19. The number of amides is 1. The molecule has 0 bridgehead atoms. The Bertz CT molecular complexity index is 1260. The minimum atomic E-state index is -3.67. The number of sulfonamides is 1. The Morgan fingerprint density at radius 3 is 2.68 bits per heavy atom. The van der Waals surface area contributed by atoms with Crippen molar-refractivity contribution in [2.24, 2.45) is 0 Å². The Labute approximate surface area is 180 Å². The lowest BCUT2D eigenvalue weighted by molar-refractivity contribution is -0.121. The summed E-state index contributed by atoms with van der Waals surface area (Å²) in [4.78, 5) is 21.9. The number of nitrogens with one attached hydrogen (secondary N) is 2. The number of benzene rings is 1. The first kappa shape index (κ1) is 21.0. The average molecular weight is 439 g/mol. The van der Waals surface area contributed by atoms with Gasteiger partial charge in [0, 0.05) is 44.0 Å². The predicted molar refractivity (Wildman–Crippen MR) is 116 cm³/mol. The van der Waals surface area contributed by atoms with Crippen molar-refractivity contribution in [3.63, 3.8) is 0 Å². The van der Waals surface area contributed by atoms with Crippen molar-refractivity contribution in [3.05, 3.63) is 54.4 Å². The molecule has 10 heteroatoms. The molecule has 1 saturated heterocycles. The second kappa shape index (κ2) is 8.47. The molecule has 2 aromatic heterocycles. The number of hydrogen-bond donors (Lipinski definition) is 2.